The Morgan fingerprint density at radius 1 is 1.20 bits per heavy atom. The van der Waals surface area contributed by atoms with Crippen molar-refractivity contribution in [3.05, 3.63) is 75.2 Å². The number of carbonyl (C=O) groups excluding carboxylic acids is 2. The molecule has 0 atom stereocenters. The molecule has 4 rings (SSSR count). The first kappa shape index (κ1) is 24.4. The quantitative estimate of drug-likeness (QED) is 0.509. The van der Waals surface area contributed by atoms with E-state index in [0.29, 0.717) is 16.3 Å². The van der Waals surface area contributed by atoms with Crippen molar-refractivity contribution in [1.29, 1.82) is 5.26 Å². The monoisotopic (exact) mass is 511 g/mol. The topological polar surface area (TPSA) is 89.3 Å². The van der Waals surface area contributed by atoms with Crippen LogP contribution in [0.5, 0.6) is 0 Å². The van der Waals surface area contributed by atoms with Crippen molar-refractivity contribution in [1.82, 2.24) is 10.3 Å². The average Bonchev–Trinajstić information content (AvgIpc) is 3.31. The lowest BCUT2D eigenvalue weighted by molar-refractivity contribution is -0.120. The van der Waals surface area contributed by atoms with Crippen LogP contribution in [0.3, 0.4) is 0 Å². The van der Waals surface area contributed by atoms with Gasteiger partial charge in [0.1, 0.15) is 28.1 Å². The standard InChI is InChI=1S/C24H19F2N5O2S2/c1-13-20(35-12-29-13)21(32)28-11-15-5-7-17(9-19(15)26)31-23(34)30(22(33)24(31,2)3)16-6-4-14(10-27)18(25)8-16/h4-9,12H,11H2,1-3H3,(H,28,32). The van der Waals surface area contributed by atoms with Crippen LogP contribution in [-0.4, -0.2) is 27.4 Å². The number of hydrogen-bond acceptors (Lipinski definition) is 6. The Morgan fingerprint density at radius 3 is 2.49 bits per heavy atom. The van der Waals surface area contributed by atoms with Gasteiger partial charge >= 0.3 is 0 Å². The minimum atomic E-state index is -1.19. The third kappa shape index (κ3) is 4.26. The van der Waals surface area contributed by atoms with Gasteiger partial charge in [0, 0.05) is 17.8 Å². The van der Waals surface area contributed by atoms with E-state index in [1.807, 2.05) is 0 Å². The second-order valence-electron chi connectivity index (χ2n) is 8.32. The maximum absolute atomic E-state index is 15.0. The molecule has 2 heterocycles. The Kier molecular flexibility index (Phi) is 6.36. The molecule has 0 spiro atoms. The fourth-order valence-corrected chi connectivity index (χ4v) is 5.02. The molecule has 2 aromatic carbocycles. The minimum Gasteiger partial charge on any atom is -0.347 e. The van der Waals surface area contributed by atoms with Gasteiger partial charge in [-0.3, -0.25) is 14.5 Å². The number of nitrogens with one attached hydrogen (secondary N) is 1. The summed E-state index contributed by atoms with van der Waals surface area (Å²) in [6, 6.07) is 9.86. The Hall–Kier alpha value is -3.75. The number of thiazole rings is 1. The highest BCUT2D eigenvalue weighted by molar-refractivity contribution is 7.81. The number of aromatic nitrogens is 1. The molecule has 0 unspecified atom stereocenters. The summed E-state index contributed by atoms with van der Waals surface area (Å²) in [4.78, 5) is 32.7. The highest BCUT2D eigenvalue weighted by Crippen LogP contribution is 2.37. The van der Waals surface area contributed by atoms with Crippen molar-refractivity contribution in [3.63, 3.8) is 0 Å². The highest BCUT2D eigenvalue weighted by atomic mass is 32.1. The van der Waals surface area contributed by atoms with E-state index in [2.05, 4.69) is 10.3 Å². The van der Waals surface area contributed by atoms with Gasteiger partial charge in [-0.25, -0.2) is 13.8 Å². The first-order valence-electron chi connectivity index (χ1n) is 10.4. The third-order valence-corrected chi connectivity index (χ3v) is 6.98. The van der Waals surface area contributed by atoms with E-state index in [1.54, 1.807) is 38.4 Å². The van der Waals surface area contributed by atoms with Crippen LogP contribution in [0, 0.1) is 29.9 Å². The first-order valence-corrected chi connectivity index (χ1v) is 11.7. The Morgan fingerprint density at radius 2 is 1.89 bits per heavy atom. The summed E-state index contributed by atoms with van der Waals surface area (Å²) in [5, 5.41) is 11.7. The Labute approximate surface area is 209 Å². The fraction of sp³-hybridized carbons (Fsp3) is 0.208. The first-order chi connectivity index (χ1) is 16.6. The number of rotatable bonds is 5. The van der Waals surface area contributed by atoms with Crippen LogP contribution in [0.1, 0.15) is 40.3 Å². The van der Waals surface area contributed by atoms with Gasteiger partial charge in [0.05, 0.1) is 22.5 Å². The second-order valence-corrected chi connectivity index (χ2v) is 9.54. The molecule has 0 radical (unpaired) electrons. The normalized spacial score (nSPS) is 14.9. The summed E-state index contributed by atoms with van der Waals surface area (Å²) in [7, 11) is 0. The van der Waals surface area contributed by atoms with E-state index in [0.717, 1.165) is 6.07 Å². The number of nitrogens with zero attached hydrogens (tertiary/aromatic N) is 4. The van der Waals surface area contributed by atoms with Crippen LogP contribution in [-0.2, 0) is 11.3 Å². The summed E-state index contributed by atoms with van der Waals surface area (Å²) in [6.07, 6.45) is 0. The molecule has 3 aromatic rings. The Balaban J connectivity index is 1.59. The van der Waals surface area contributed by atoms with Gasteiger partial charge in [0.15, 0.2) is 5.11 Å². The van der Waals surface area contributed by atoms with Crippen molar-refractivity contribution in [3.8, 4) is 6.07 Å². The maximum Gasteiger partial charge on any atom is 0.263 e. The van der Waals surface area contributed by atoms with Crippen LogP contribution >= 0.6 is 23.6 Å². The summed E-state index contributed by atoms with van der Waals surface area (Å²) in [6.45, 7) is 4.94. The molecular formula is C24H19F2N5O2S2. The van der Waals surface area contributed by atoms with Gasteiger partial charge in [-0.05, 0) is 63.3 Å². The number of benzene rings is 2. The van der Waals surface area contributed by atoms with Crippen molar-refractivity contribution in [2.75, 3.05) is 9.80 Å². The molecule has 1 saturated heterocycles. The van der Waals surface area contributed by atoms with E-state index in [9.17, 15) is 18.4 Å². The van der Waals surface area contributed by atoms with E-state index in [4.69, 9.17) is 17.5 Å². The van der Waals surface area contributed by atoms with Crippen LogP contribution in [0.4, 0.5) is 20.2 Å². The van der Waals surface area contributed by atoms with Crippen molar-refractivity contribution in [2.45, 2.75) is 32.9 Å². The molecule has 1 aromatic heterocycles. The number of aryl methyl sites for hydroxylation is 1. The smallest absolute Gasteiger partial charge is 0.263 e. The van der Waals surface area contributed by atoms with Crippen LogP contribution in [0.25, 0.3) is 0 Å². The fourth-order valence-electron chi connectivity index (χ4n) is 3.78. The van der Waals surface area contributed by atoms with Gasteiger partial charge < -0.3 is 10.2 Å². The highest BCUT2D eigenvalue weighted by Gasteiger charge is 2.50. The lowest BCUT2D eigenvalue weighted by Crippen LogP contribution is -2.44. The number of carbonyl (C=O) groups is 2. The van der Waals surface area contributed by atoms with Crippen LogP contribution in [0.2, 0.25) is 0 Å². The predicted molar refractivity (Wildman–Crippen MR) is 132 cm³/mol. The largest absolute Gasteiger partial charge is 0.347 e. The van der Waals surface area contributed by atoms with Gasteiger partial charge in [-0.2, -0.15) is 5.26 Å². The summed E-state index contributed by atoms with van der Waals surface area (Å²) in [5.41, 5.74) is 1.58. The molecule has 11 heteroatoms. The minimum absolute atomic E-state index is 0.0360. The summed E-state index contributed by atoms with van der Waals surface area (Å²) >= 11 is 6.74. The van der Waals surface area contributed by atoms with Gasteiger partial charge in [0.2, 0.25) is 0 Å². The molecule has 1 aliphatic rings. The number of hydrogen-bond donors (Lipinski definition) is 1. The van der Waals surface area contributed by atoms with Gasteiger partial charge in [0.25, 0.3) is 11.8 Å². The molecule has 1 fully saturated rings. The van der Waals surface area contributed by atoms with Gasteiger partial charge in [-0.1, -0.05) is 6.07 Å². The number of amides is 2. The lowest BCUT2D eigenvalue weighted by atomic mass is 10.0. The SMILES string of the molecule is Cc1ncsc1C(=O)NCc1ccc(N2C(=S)N(c3ccc(C#N)c(F)c3)C(=O)C2(C)C)cc1F. The molecular weight excluding hydrogens is 492 g/mol. The number of nitriles is 1. The molecule has 1 N–H and O–H groups in total. The second kappa shape index (κ2) is 9.13. The zero-order chi connectivity index (χ0) is 25.5. The molecule has 7 nitrogen and oxygen atoms in total. The van der Waals surface area contributed by atoms with Crippen LogP contribution < -0.4 is 15.1 Å². The number of halogens is 2. The molecule has 178 valence electrons. The van der Waals surface area contributed by atoms with Crippen molar-refractivity contribution in [2.24, 2.45) is 0 Å². The van der Waals surface area contributed by atoms with Crippen molar-refractivity contribution >= 4 is 51.9 Å². The van der Waals surface area contributed by atoms with E-state index in [-0.39, 0.29) is 34.4 Å². The van der Waals surface area contributed by atoms with Gasteiger partial charge in [-0.15, -0.1) is 11.3 Å². The summed E-state index contributed by atoms with van der Waals surface area (Å²) in [5.74, 6) is -2.13. The number of anilines is 2. The number of thiocarbonyl (C=S) groups is 1. The molecule has 2 amide bonds. The summed E-state index contributed by atoms with van der Waals surface area (Å²) < 4.78 is 29.2. The molecule has 35 heavy (non-hydrogen) atoms. The van der Waals surface area contributed by atoms with E-state index < -0.39 is 23.1 Å². The van der Waals surface area contributed by atoms with Crippen molar-refractivity contribution < 1.29 is 18.4 Å². The average molecular weight is 512 g/mol. The maximum atomic E-state index is 15.0. The zero-order valence-corrected chi connectivity index (χ0v) is 20.6. The van der Waals surface area contributed by atoms with Crippen LogP contribution in [0.15, 0.2) is 41.9 Å². The molecule has 1 aliphatic heterocycles. The molecule has 0 aliphatic carbocycles. The van der Waals surface area contributed by atoms with E-state index >= 15 is 0 Å². The zero-order valence-electron chi connectivity index (χ0n) is 18.9. The molecule has 0 bridgehead atoms. The Bertz CT molecular complexity index is 1410. The molecule has 0 saturated carbocycles. The predicted octanol–water partition coefficient (Wildman–Crippen LogP) is 4.45. The third-order valence-electron chi connectivity index (χ3n) is 5.69. The van der Waals surface area contributed by atoms with E-state index in [1.165, 1.54) is 45.4 Å². The lowest BCUT2D eigenvalue weighted by Gasteiger charge is -2.29.